The highest BCUT2D eigenvalue weighted by Gasteiger charge is 2.17. The molecule has 0 saturated heterocycles. The van der Waals surface area contributed by atoms with Crippen LogP contribution < -0.4 is 5.73 Å². The van der Waals surface area contributed by atoms with E-state index in [2.05, 4.69) is 6.07 Å². The average molecular weight is 266 g/mol. The summed E-state index contributed by atoms with van der Waals surface area (Å²) >= 11 is 5.81. The Kier molecular flexibility index (Phi) is 4.99. The molecule has 0 heterocycles. The van der Waals surface area contributed by atoms with E-state index < -0.39 is 0 Å². The summed E-state index contributed by atoms with van der Waals surface area (Å²) in [7, 11) is 0. The predicted molar refractivity (Wildman–Crippen MR) is 72.2 cm³/mol. The Morgan fingerprint density at radius 1 is 1.61 bits per heavy atom. The lowest BCUT2D eigenvalue weighted by molar-refractivity contribution is 0.0753. The lowest BCUT2D eigenvalue weighted by Crippen LogP contribution is -2.34. The van der Waals surface area contributed by atoms with Crippen molar-refractivity contribution in [2.45, 2.75) is 13.8 Å². The van der Waals surface area contributed by atoms with E-state index in [0.29, 0.717) is 29.4 Å². The fourth-order valence-corrected chi connectivity index (χ4v) is 1.70. The summed E-state index contributed by atoms with van der Waals surface area (Å²) in [5.41, 5.74) is 6.54. The number of hydrogen-bond acceptors (Lipinski definition) is 3. The molecule has 1 aromatic carbocycles. The molecular formula is C13H16ClN3O. The molecule has 18 heavy (non-hydrogen) atoms. The standard InChI is InChI=1S/C13H16ClN3O/c1-3-17(8-9(2)7-15)13(18)10-4-5-11(14)12(16)6-10/h4-6,9H,3,8,16H2,1-2H3. The minimum atomic E-state index is -0.196. The van der Waals surface area contributed by atoms with E-state index in [1.54, 1.807) is 30.0 Å². The number of nitrogen functional groups attached to an aromatic ring is 1. The van der Waals surface area contributed by atoms with Crippen LogP contribution >= 0.6 is 11.6 Å². The highest BCUT2D eigenvalue weighted by molar-refractivity contribution is 6.33. The minimum absolute atomic E-state index is 0.136. The SMILES string of the molecule is CCN(CC(C)C#N)C(=O)c1ccc(Cl)c(N)c1. The molecule has 5 heteroatoms. The van der Waals surface area contributed by atoms with Crippen molar-refractivity contribution in [3.63, 3.8) is 0 Å². The van der Waals surface area contributed by atoms with Gasteiger partial charge >= 0.3 is 0 Å². The first-order valence-corrected chi connectivity index (χ1v) is 6.11. The quantitative estimate of drug-likeness (QED) is 0.851. The van der Waals surface area contributed by atoms with Crippen molar-refractivity contribution in [1.29, 1.82) is 5.26 Å². The van der Waals surface area contributed by atoms with Crippen LogP contribution in [-0.4, -0.2) is 23.9 Å². The highest BCUT2D eigenvalue weighted by Crippen LogP contribution is 2.20. The lowest BCUT2D eigenvalue weighted by Gasteiger charge is -2.22. The molecule has 0 aliphatic rings. The first-order valence-electron chi connectivity index (χ1n) is 5.73. The molecule has 0 radical (unpaired) electrons. The van der Waals surface area contributed by atoms with E-state index in [-0.39, 0.29) is 11.8 Å². The second-order valence-corrected chi connectivity index (χ2v) is 4.52. The van der Waals surface area contributed by atoms with Crippen LogP contribution in [-0.2, 0) is 0 Å². The van der Waals surface area contributed by atoms with Gasteiger partial charge in [0.25, 0.3) is 5.91 Å². The molecule has 1 rings (SSSR count). The van der Waals surface area contributed by atoms with Crippen LogP contribution in [0.25, 0.3) is 0 Å². The van der Waals surface area contributed by atoms with Crippen LogP contribution in [0.3, 0.4) is 0 Å². The highest BCUT2D eigenvalue weighted by atomic mass is 35.5. The molecule has 1 unspecified atom stereocenters. The number of hydrogen-bond donors (Lipinski definition) is 1. The van der Waals surface area contributed by atoms with E-state index in [9.17, 15) is 4.79 Å². The molecule has 0 aromatic heterocycles. The molecule has 0 saturated carbocycles. The van der Waals surface area contributed by atoms with Crippen LogP contribution in [0.15, 0.2) is 18.2 Å². The normalized spacial score (nSPS) is 11.7. The van der Waals surface area contributed by atoms with Gasteiger partial charge in [0.05, 0.1) is 22.7 Å². The molecule has 4 nitrogen and oxygen atoms in total. The van der Waals surface area contributed by atoms with Gasteiger partial charge in [-0.1, -0.05) is 11.6 Å². The second-order valence-electron chi connectivity index (χ2n) is 4.11. The summed E-state index contributed by atoms with van der Waals surface area (Å²) in [6.07, 6.45) is 0. The number of carbonyl (C=O) groups is 1. The van der Waals surface area contributed by atoms with Gasteiger partial charge in [-0.2, -0.15) is 5.26 Å². The van der Waals surface area contributed by atoms with Crippen LogP contribution in [0.4, 0.5) is 5.69 Å². The molecule has 96 valence electrons. The van der Waals surface area contributed by atoms with Gasteiger partial charge < -0.3 is 10.6 Å². The molecule has 0 aliphatic carbocycles. The molecule has 1 amide bonds. The number of benzene rings is 1. The van der Waals surface area contributed by atoms with E-state index >= 15 is 0 Å². The summed E-state index contributed by atoms with van der Waals surface area (Å²) < 4.78 is 0. The molecular weight excluding hydrogens is 250 g/mol. The number of rotatable bonds is 4. The largest absolute Gasteiger partial charge is 0.398 e. The van der Waals surface area contributed by atoms with Gasteiger partial charge in [-0.15, -0.1) is 0 Å². The fraction of sp³-hybridized carbons (Fsp3) is 0.385. The molecule has 0 fully saturated rings. The van der Waals surface area contributed by atoms with Gasteiger partial charge in [-0.05, 0) is 32.0 Å². The Morgan fingerprint density at radius 3 is 2.78 bits per heavy atom. The molecule has 0 bridgehead atoms. The first-order chi connectivity index (χ1) is 8.49. The van der Waals surface area contributed by atoms with Crippen LogP contribution in [0, 0.1) is 17.2 Å². The Labute approximate surface area is 112 Å². The minimum Gasteiger partial charge on any atom is -0.398 e. The topological polar surface area (TPSA) is 70.1 Å². The van der Waals surface area contributed by atoms with Crippen molar-refractivity contribution in [1.82, 2.24) is 4.90 Å². The Bertz CT molecular complexity index is 482. The third kappa shape index (κ3) is 3.38. The third-order valence-corrected chi connectivity index (χ3v) is 2.97. The number of nitrogens with zero attached hydrogens (tertiary/aromatic N) is 2. The smallest absolute Gasteiger partial charge is 0.253 e. The van der Waals surface area contributed by atoms with Gasteiger partial charge in [0.2, 0.25) is 0 Å². The third-order valence-electron chi connectivity index (χ3n) is 2.63. The van der Waals surface area contributed by atoms with Crippen molar-refractivity contribution in [3.8, 4) is 6.07 Å². The Morgan fingerprint density at radius 2 is 2.28 bits per heavy atom. The van der Waals surface area contributed by atoms with Crippen LogP contribution in [0.2, 0.25) is 5.02 Å². The maximum atomic E-state index is 12.2. The predicted octanol–water partition coefficient (Wildman–Crippen LogP) is 2.54. The van der Waals surface area contributed by atoms with Crippen molar-refractivity contribution in [2.24, 2.45) is 5.92 Å². The van der Waals surface area contributed by atoms with Crippen LogP contribution in [0.1, 0.15) is 24.2 Å². The average Bonchev–Trinajstić information content (AvgIpc) is 2.38. The summed E-state index contributed by atoms with van der Waals surface area (Å²) in [5, 5.41) is 9.22. The van der Waals surface area contributed by atoms with Gasteiger partial charge in [-0.3, -0.25) is 4.79 Å². The van der Waals surface area contributed by atoms with E-state index in [4.69, 9.17) is 22.6 Å². The second kappa shape index (κ2) is 6.27. The van der Waals surface area contributed by atoms with Gasteiger partial charge in [0.1, 0.15) is 0 Å². The molecule has 0 aliphatic heterocycles. The monoisotopic (exact) mass is 265 g/mol. The number of carbonyl (C=O) groups excluding carboxylic acids is 1. The van der Waals surface area contributed by atoms with Crippen molar-refractivity contribution in [2.75, 3.05) is 18.8 Å². The number of nitrogens with two attached hydrogens (primary N) is 1. The maximum Gasteiger partial charge on any atom is 0.253 e. The molecule has 0 spiro atoms. The maximum absolute atomic E-state index is 12.2. The zero-order valence-corrected chi connectivity index (χ0v) is 11.2. The van der Waals surface area contributed by atoms with Crippen molar-refractivity contribution in [3.05, 3.63) is 28.8 Å². The van der Waals surface area contributed by atoms with Gasteiger partial charge in [0.15, 0.2) is 0 Å². The van der Waals surface area contributed by atoms with Crippen molar-refractivity contribution < 1.29 is 4.79 Å². The summed E-state index contributed by atoms with van der Waals surface area (Å²) in [5.74, 6) is -0.332. The summed E-state index contributed by atoms with van der Waals surface area (Å²) in [4.78, 5) is 13.8. The zero-order chi connectivity index (χ0) is 13.7. The van der Waals surface area contributed by atoms with E-state index in [1.807, 2.05) is 6.92 Å². The number of amides is 1. The molecule has 1 atom stereocenters. The van der Waals surface area contributed by atoms with E-state index in [1.165, 1.54) is 0 Å². The Balaban J connectivity index is 2.90. The van der Waals surface area contributed by atoms with Crippen molar-refractivity contribution >= 4 is 23.2 Å². The lowest BCUT2D eigenvalue weighted by atomic mass is 10.1. The van der Waals surface area contributed by atoms with E-state index in [0.717, 1.165) is 0 Å². The Hall–Kier alpha value is -1.73. The molecule has 1 aromatic rings. The molecule has 2 N–H and O–H groups in total. The van der Waals surface area contributed by atoms with Gasteiger partial charge in [-0.25, -0.2) is 0 Å². The fourth-order valence-electron chi connectivity index (χ4n) is 1.59. The zero-order valence-electron chi connectivity index (χ0n) is 10.5. The number of halogens is 1. The number of anilines is 1. The summed E-state index contributed by atoms with van der Waals surface area (Å²) in [6, 6.07) is 6.92. The number of nitriles is 1. The van der Waals surface area contributed by atoms with Gasteiger partial charge in [0, 0.05) is 18.7 Å². The van der Waals surface area contributed by atoms with Crippen LogP contribution in [0.5, 0.6) is 0 Å². The first kappa shape index (κ1) is 14.3. The summed E-state index contributed by atoms with van der Waals surface area (Å²) in [6.45, 7) is 4.62.